The number of aryl methyl sites for hydroxylation is 1. The number of nitrogens with one attached hydrogen (secondary N) is 1. The van der Waals surface area contributed by atoms with Crippen LogP contribution in [0.3, 0.4) is 0 Å². The molecule has 0 amide bonds. The molecule has 0 aliphatic heterocycles. The van der Waals surface area contributed by atoms with Gasteiger partial charge in [-0.1, -0.05) is 0 Å². The highest BCUT2D eigenvalue weighted by atomic mass is 32.2. The Bertz CT molecular complexity index is 758. The van der Waals surface area contributed by atoms with Gasteiger partial charge in [0.15, 0.2) is 5.65 Å². The van der Waals surface area contributed by atoms with Gasteiger partial charge < -0.3 is 10.7 Å². The lowest BCUT2D eigenvalue weighted by atomic mass is 10.4. The number of rotatable bonds is 3. The number of anilines is 1. The van der Waals surface area contributed by atoms with Crippen LogP contribution in [0, 0.1) is 6.92 Å². The van der Waals surface area contributed by atoms with Crippen LogP contribution in [0.5, 0.6) is 0 Å². The van der Waals surface area contributed by atoms with Crippen molar-refractivity contribution in [1.29, 1.82) is 0 Å². The van der Waals surface area contributed by atoms with E-state index in [0.29, 0.717) is 11.3 Å². The first-order valence-electron chi connectivity index (χ1n) is 6.24. The molecule has 3 N–H and O–H groups in total. The van der Waals surface area contributed by atoms with Crippen molar-refractivity contribution in [3.63, 3.8) is 0 Å². The van der Waals surface area contributed by atoms with Gasteiger partial charge in [0.25, 0.3) is 0 Å². The molecule has 3 heterocycles. The molecular weight excluding hydrogens is 274 g/mol. The van der Waals surface area contributed by atoms with E-state index in [2.05, 4.69) is 38.9 Å². The van der Waals surface area contributed by atoms with Crippen LogP contribution >= 0.6 is 11.8 Å². The highest BCUT2D eigenvalue weighted by Gasteiger charge is 2.18. The van der Waals surface area contributed by atoms with Crippen LogP contribution in [0.15, 0.2) is 22.7 Å². The molecule has 0 saturated carbocycles. The van der Waals surface area contributed by atoms with E-state index in [1.54, 1.807) is 6.33 Å². The number of imidazole rings is 1. The summed E-state index contributed by atoms with van der Waals surface area (Å²) < 4.78 is 1.92. The first kappa shape index (κ1) is 12.9. The summed E-state index contributed by atoms with van der Waals surface area (Å²) in [6, 6.07) is 0.229. The van der Waals surface area contributed by atoms with Gasteiger partial charge in [-0.15, -0.1) is 0 Å². The van der Waals surface area contributed by atoms with Gasteiger partial charge >= 0.3 is 0 Å². The molecule has 0 aliphatic carbocycles. The average Bonchev–Trinajstić information content (AvgIpc) is 2.99. The zero-order chi connectivity index (χ0) is 14.3. The maximum absolute atomic E-state index is 6.14. The summed E-state index contributed by atoms with van der Waals surface area (Å²) in [7, 11) is 0. The molecule has 3 aromatic rings. The molecule has 0 spiro atoms. The molecule has 3 aromatic heterocycles. The first-order valence-corrected chi connectivity index (χ1v) is 7.06. The number of nitrogens with two attached hydrogens (primary N) is 1. The van der Waals surface area contributed by atoms with E-state index < -0.39 is 0 Å². The summed E-state index contributed by atoms with van der Waals surface area (Å²) >= 11 is 1.48. The Balaban J connectivity index is 2.09. The smallest absolute Gasteiger partial charge is 0.181 e. The standard InChI is InChI=1S/C12H15N7S/c1-6(2)19-12(8(13)7(3)18-19)20-11-9-10(15-4-14-9)16-5-17-11/h4-6H,13H2,1-3H3,(H,14,15,16,17). The molecule has 0 aromatic carbocycles. The fourth-order valence-corrected chi connectivity index (χ4v) is 3.04. The number of aromatic amines is 1. The zero-order valence-electron chi connectivity index (χ0n) is 11.5. The van der Waals surface area contributed by atoms with Gasteiger partial charge in [-0.05, 0) is 32.5 Å². The second-order valence-electron chi connectivity index (χ2n) is 4.72. The van der Waals surface area contributed by atoms with E-state index in [0.717, 1.165) is 21.3 Å². The molecule has 104 valence electrons. The Morgan fingerprint density at radius 2 is 2.10 bits per heavy atom. The molecule has 3 rings (SSSR count). The Labute approximate surface area is 120 Å². The molecule has 0 radical (unpaired) electrons. The summed E-state index contributed by atoms with van der Waals surface area (Å²) in [6.07, 6.45) is 3.11. The molecular formula is C12H15N7S. The van der Waals surface area contributed by atoms with Crippen molar-refractivity contribution in [1.82, 2.24) is 29.7 Å². The van der Waals surface area contributed by atoms with Gasteiger partial charge in [0, 0.05) is 6.04 Å². The van der Waals surface area contributed by atoms with Gasteiger partial charge in [-0.25, -0.2) is 15.0 Å². The zero-order valence-corrected chi connectivity index (χ0v) is 12.3. The normalized spacial score (nSPS) is 11.6. The minimum absolute atomic E-state index is 0.229. The van der Waals surface area contributed by atoms with E-state index in [9.17, 15) is 0 Å². The van der Waals surface area contributed by atoms with Gasteiger partial charge in [0.1, 0.15) is 21.9 Å². The summed E-state index contributed by atoms with van der Waals surface area (Å²) in [5, 5.41) is 6.16. The van der Waals surface area contributed by atoms with E-state index in [-0.39, 0.29) is 6.04 Å². The number of aromatic nitrogens is 6. The van der Waals surface area contributed by atoms with Gasteiger partial charge in [-0.2, -0.15) is 5.10 Å². The quantitative estimate of drug-likeness (QED) is 0.717. The second-order valence-corrected chi connectivity index (χ2v) is 5.70. The van der Waals surface area contributed by atoms with E-state index in [4.69, 9.17) is 5.73 Å². The molecule has 7 nitrogen and oxygen atoms in total. The molecule has 0 unspecified atom stereocenters. The SMILES string of the molecule is Cc1nn(C(C)C)c(Sc2ncnc3nc[nH]c23)c1N. The van der Waals surface area contributed by atoms with Crippen LogP contribution in [0.1, 0.15) is 25.6 Å². The fraction of sp³-hybridized carbons (Fsp3) is 0.333. The Morgan fingerprint density at radius 1 is 1.30 bits per heavy atom. The van der Waals surface area contributed by atoms with Crippen LogP contribution < -0.4 is 5.73 Å². The number of nitrogen functional groups attached to an aromatic ring is 1. The van der Waals surface area contributed by atoms with Crippen LogP contribution in [-0.2, 0) is 0 Å². The van der Waals surface area contributed by atoms with E-state index >= 15 is 0 Å². The van der Waals surface area contributed by atoms with Crippen molar-refractivity contribution in [3.05, 3.63) is 18.3 Å². The maximum Gasteiger partial charge on any atom is 0.181 e. The highest BCUT2D eigenvalue weighted by molar-refractivity contribution is 7.99. The number of hydrogen-bond donors (Lipinski definition) is 2. The number of hydrogen-bond acceptors (Lipinski definition) is 6. The molecule has 0 saturated heterocycles. The number of H-pyrrole nitrogens is 1. The van der Waals surface area contributed by atoms with Crippen LogP contribution in [0.25, 0.3) is 11.2 Å². The van der Waals surface area contributed by atoms with Gasteiger partial charge in [0.05, 0.1) is 17.7 Å². The van der Waals surface area contributed by atoms with Crippen LogP contribution in [-0.4, -0.2) is 29.7 Å². The average molecular weight is 289 g/mol. The Kier molecular flexibility index (Phi) is 3.09. The van der Waals surface area contributed by atoms with Gasteiger partial charge in [-0.3, -0.25) is 4.68 Å². The summed E-state index contributed by atoms with van der Waals surface area (Å²) in [6.45, 7) is 6.05. The molecule has 0 bridgehead atoms. The topological polar surface area (TPSA) is 98.3 Å². The molecule has 8 heteroatoms. The van der Waals surface area contributed by atoms with Crippen LogP contribution in [0.4, 0.5) is 5.69 Å². The lowest BCUT2D eigenvalue weighted by molar-refractivity contribution is 0.491. The number of nitrogens with zero attached hydrogens (tertiary/aromatic N) is 5. The highest BCUT2D eigenvalue weighted by Crippen LogP contribution is 2.36. The third-order valence-electron chi connectivity index (χ3n) is 2.96. The molecule has 20 heavy (non-hydrogen) atoms. The predicted molar refractivity (Wildman–Crippen MR) is 77.6 cm³/mol. The largest absolute Gasteiger partial charge is 0.395 e. The van der Waals surface area contributed by atoms with Crippen molar-refractivity contribution >= 4 is 28.6 Å². The predicted octanol–water partition coefficient (Wildman–Crippen LogP) is 2.17. The molecule has 0 aliphatic rings. The Hall–Kier alpha value is -2.09. The van der Waals surface area contributed by atoms with E-state index in [1.807, 2.05) is 11.6 Å². The Morgan fingerprint density at radius 3 is 2.85 bits per heavy atom. The van der Waals surface area contributed by atoms with Gasteiger partial charge in [0.2, 0.25) is 0 Å². The third kappa shape index (κ3) is 2.01. The van der Waals surface area contributed by atoms with Crippen molar-refractivity contribution in [2.24, 2.45) is 0 Å². The lowest BCUT2D eigenvalue weighted by Gasteiger charge is -2.10. The van der Waals surface area contributed by atoms with Crippen LogP contribution in [0.2, 0.25) is 0 Å². The summed E-state index contributed by atoms with van der Waals surface area (Å²) in [5.41, 5.74) is 9.11. The second kappa shape index (κ2) is 4.78. The molecule has 0 atom stereocenters. The third-order valence-corrected chi connectivity index (χ3v) is 4.06. The number of fused-ring (bicyclic) bond motifs is 1. The van der Waals surface area contributed by atoms with Crippen molar-refractivity contribution in [2.45, 2.75) is 36.9 Å². The minimum Gasteiger partial charge on any atom is -0.395 e. The monoisotopic (exact) mass is 289 g/mol. The maximum atomic E-state index is 6.14. The summed E-state index contributed by atoms with van der Waals surface area (Å²) in [5.74, 6) is 0. The molecule has 0 fully saturated rings. The lowest BCUT2D eigenvalue weighted by Crippen LogP contribution is -2.05. The minimum atomic E-state index is 0.229. The fourth-order valence-electron chi connectivity index (χ4n) is 1.90. The van der Waals surface area contributed by atoms with Crippen molar-refractivity contribution in [3.8, 4) is 0 Å². The van der Waals surface area contributed by atoms with E-state index in [1.165, 1.54) is 18.1 Å². The summed E-state index contributed by atoms with van der Waals surface area (Å²) in [4.78, 5) is 15.6. The first-order chi connectivity index (χ1) is 9.58. The van der Waals surface area contributed by atoms with Crippen molar-refractivity contribution < 1.29 is 0 Å². The van der Waals surface area contributed by atoms with Crippen molar-refractivity contribution in [2.75, 3.05) is 5.73 Å².